The van der Waals surface area contributed by atoms with E-state index in [-0.39, 0.29) is 30.0 Å². The lowest BCUT2D eigenvalue weighted by Gasteiger charge is -2.32. The van der Waals surface area contributed by atoms with E-state index < -0.39 is 30.8 Å². The van der Waals surface area contributed by atoms with Crippen molar-refractivity contribution >= 4 is 25.3 Å². The summed E-state index contributed by atoms with van der Waals surface area (Å²) < 4.78 is 25.1. The van der Waals surface area contributed by atoms with Gasteiger partial charge in [-0.2, -0.15) is 0 Å². The number of amides is 3. The van der Waals surface area contributed by atoms with Crippen molar-refractivity contribution in [3.05, 3.63) is 29.8 Å². The Morgan fingerprint density at radius 3 is 2.48 bits per heavy atom. The third-order valence-corrected chi connectivity index (χ3v) is 12.3. The SMILES string of the molecule is COc1ccccc1CP(=O)(O)[C@@]12C[C@H]1CCCCCCC[C@H](NC(=O)OC1CCCC1)C(=O)N1CCC[C@H]1C(=O)N2. The van der Waals surface area contributed by atoms with Crippen LogP contribution in [0.4, 0.5) is 4.79 Å². The number of hydrogen-bond donors (Lipinski definition) is 3. The van der Waals surface area contributed by atoms with E-state index in [2.05, 4.69) is 10.6 Å². The van der Waals surface area contributed by atoms with Crippen molar-refractivity contribution < 1.29 is 33.3 Å². The zero-order valence-electron chi connectivity index (χ0n) is 24.7. The van der Waals surface area contributed by atoms with Crippen LogP contribution in [0.25, 0.3) is 0 Å². The summed E-state index contributed by atoms with van der Waals surface area (Å²) in [5.41, 5.74) is 0.632. The highest BCUT2D eigenvalue weighted by atomic mass is 31.2. The number of para-hydroxylation sites is 1. The normalized spacial score (nSPS) is 30.6. The molecule has 2 aliphatic heterocycles. The maximum Gasteiger partial charge on any atom is 0.408 e. The number of nitrogens with one attached hydrogen (secondary N) is 2. The van der Waals surface area contributed by atoms with Crippen LogP contribution in [0.3, 0.4) is 0 Å². The summed E-state index contributed by atoms with van der Waals surface area (Å²) in [6, 6.07) is 5.66. The number of rotatable bonds is 6. The highest BCUT2D eigenvalue weighted by molar-refractivity contribution is 7.59. The number of alkyl carbamates (subject to hydrolysis) is 1. The van der Waals surface area contributed by atoms with Crippen molar-refractivity contribution in [1.29, 1.82) is 0 Å². The molecule has 1 aromatic carbocycles. The Labute approximate surface area is 248 Å². The molecule has 2 saturated heterocycles. The van der Waals surface area contributed by atoms with Crippen LogP contribution in [-0.2, 0) is 25.1 Å². The summed E-state index contributed by atoms with van der Waals surface area (Å²) >= 11 is 0. The molecule has 42 heavy (non-hydrogen) atoms. The summed E-state index contributed by atoms with van der Waals surface area (Å²) in [5.74, 6) is -0.225. The molecule has 2 saturated carbocycles. The number of hydrogen-bond acceptors (Lipinski definition) is 6. The van der Waals surface area contributed by atoms with E-state index in [1.54, 1.807) is 17.0 Å². The number of methoxy groups -OCH3 is 1. The highest BCUT2D eigenvalue weighted by Gasteiger charge is 2.66. The molecule has 2 heterocycles. The fourth-order valence-electron chi connectivity index (χ4n) is 7.19. The first kappa shape index (κ1) is 30.9. The maximum absolute atomic E-state index is 14.1. The lowest BCUT2D eigenvalue weighted by molar-refractivity contribution is -0.140. The van der Waals surface area contributed by atoms with Gasteiger partial charge in [-0.1, -0.05) is 50.3 Å². The molecule has 4 fully saturated rings. The summed E-state index contributed by atoms with van der Waals surface area (Å²) in [7, 11) is -2.39. The van der Waals surface area contributed by atoms with Gasteiger partial charge in [-0.25, -0.2) is 4.79 Å². The molecule has 4 aliphatic rings. The van der Waals surface area contributed by atoms with Crippen LogP contribution < -0.4 is 15.4 Å². The van der Waals surface area contributed by atoms with Gasteiger partial charge >= 0.3 is 6.09 Å². The molecule has 2 aliphatic carbocycles. The number of benzene rings is 1. The predicted octanol–water partition coefficient (Wildman–Crippen LogP) is 5.07. The van der Waals surface area contributed by atoms with Gasteiger partial charge in [0.05, 0.1) is 13.3 Å². The molecular weight excluding hydrogens is 557 g/mol. The Hall–Kier alpha value is -2.58. The topological polar surface area (TPSA) is 134 Å². The van der Waals surface area contributed by atoms with Gasteiger partial charge in [-0.15, -0.1) is 0 Å². The Morgan fingerprint density at radius 2 is 1.71 bits per heavy atom. The summed E-state index contributed by atoms with van der Waals surface area (Å²) in [6.07, 6.45) is 10.3. The Morgan fingerprint density at radius 1 is 1.02 bits per heavy atom. The molecule has 0 spiro atoms. The first-order valence-electron chi connectivity index (χ1n) is 15.8. The second-order valence-corrected chi connectivity index (χ2v) is 15.0. The average Bonchev–Trinajstić information content (AvgIpc) is 3.29. The number of nitrogens with zero attached hydrogens (tertiary/aromatic N) is 1. The van der Waals surface area contributed by atoms with Gasteiger partial charge in [0.2, 0.25) is 19.2 Å². The summed E-state index contributed by atoms with van der Waals surface area (Å²) in [6.45, 7) is 0.404. The van der Waals surface area contributed by atoms with Gasteiger partial charge in [0.15, 0.2) is 0 Å². The molecule has 5 rings (SSSR count). The van der Waals surface area contributed by atoms with Crippen molar-refractivity contribution in [3.8, 4) is 5.75 Å². The molecular formula is C31H46N3O7P. The molecule has 1 unspecified atom stereocenters. The summed E-state index contributed by atoms with van der Waals surface area (Å²) in [4.78, 5) is 53.5. The number of fused-ring (bicyclic) bond motifs is 2. The van der Waals surface area contributed by atoms with Crippen molar-refractivity contribution in [2.24, 2.45) is 5.92 Å². The van der Waals surface area contributed by atoms with E-state index in [1.807, 2.05) is 12.1 Å². The zero-order valence-corrected chi connectivity index (χ0v) is 25.6. The molecule has 5 atom stereocenters. The van der Waals surface area contributed by atoms with E-state index in [9.17, 15) is 23.8 Å². The van der Waals surface area contributed by atoms with Crippen molar-refractivity contribution in [2.75, 3.05) is 13.7 Å². The van der Waals surface area contributed by atoms with Gasteiger partial charge in [0.25, 0.3) is 0 Å². The molecule has 1 aromatic rings. The van der Waals surface area contributed by atoms with Gasteiger partial charge in [-0.3, -0.25) is 14.2 Å². The molecule has 11 heteroatoms. The summed E-state index contributed by atoms with van der Waals surface area (Å²) in [5, 5.41) is 4.64. The van der Waals surface area contributed by atoms with Crippen molar-refractivity contribution in [2.45, 2.75) is 120 Å². The monoisotopic (exact) mass is 603 g/mol. The standard InChI is InChI=1S/C31H46N3O7P/c1-40-27-18-10-7-12-22(27)21-42(38,39)31-20-23(31)13-5-3-2-4-6-16-25(32-30(37)41-24-14-8-9-15-24)29(36)34-19-11-17-26(34)28(35)33-31/h7,10,12,18,23-26H,2-6,8-9,11,13-17,19-21H2,1H3,(H,32,37)(H,33,35)(H,38,39)/t23-,25+,26+,31+/m1/s1. The lowest BCUT2D eigenvalue weighted by atomic mass is 10.0. The number of ether oxygens (including phenoxy) is 2. The Kier molecular flexibility index (Phi) is 9.83. The maximum atomic E-state index is 14.1. The third kappa shape index (κ3) is 6.80. The van der Waals surface area contributed by atoms with Gasteiger partial charge < -0.3 is 29.9 Å². The van der Waals surface area contributed by atoms with Gasteiger partial charge in [0.1, 0.15) is 29.2 Å². The van der Waals surface area contributed by atoms with E-state index in [0.717, 1.165) is 64.2 Å². The minimum Gasteiger partial charge on any atom is -0.496 e. The van der Waals surface area contributed by atoms with Gasteiger partial charge in [0, 0.05) is 12.1 Å². The minimum atomic E-state index is -3.93. The van der Waals surface area contributed by atoms with Crippen LogP contribution in [0.5, 0.6) is 5.75 Å². The van der Waals surface area contributed by atoms with Crippen molar-refractivity contribution in [1.82, 2.24) is 15.5 Å². The van der Waals surface area contributed by atoms with Gasteiger partial charge in [-0.05, 0) is 69.8 Å². The van der Waals surface area contributed by atoms with E-state index >= 15 is 0 Å². The van der Waals surface area contributed by atoms with Crippen LogP contribution in [0.15, 0.2) is 24.3 Å². The van der Waals surface area contributed by atoms with E-state index in [0.29, 0.717) is 43.5 Å². The fourth-order valence-corrected chi connectivity index (χ4v) is 9.69. The molecule has 0 aromatic heterocycles. The van der Waals surface area contributed by atoms with E-state index in [4.69, 9.17) is 9.47 Å². The quantitative estimate of drug-likeness (QED) is 0.387. The highest BCUT2D eigenvalue weighted by Crippen LogP contribution is 2.72. The Bertz CT molecular complexity index is 1190. The second-order valence-electron chi connectivity index (χ2n) is 12.5. The molecule has 232 valence electrons. The van der Waals surface area contributed by atoms with Crippen molar-refractivity contribution in [3.63, 3.8) is 0 Å². The van der Waals surface area contributed by atoms with Crippen LogP contribution in [0, 0.1) is 5.92 Å². The molecule has 0 radical (unpaired) electrons. The first-order chi connectivity index (χ1) is 20.2. The number of carbonyl (C=O) groups is 3. The molecule has 0 bridgehead atoms. The number of carbonyl (C=O) groups excluding carboxylic acids is 3. The second kappa shape index (κ2) is 13.4. The van der Waals surface area contributed by atoms with Crippen LogP contribution in [0.2, 0.25) is 0 Å². The van der Waals surface area contributed by atoms with Crippen LogP contribution in [-0.4, -0.2) is 64.8 Å². The largest absolute Gasteiger partial charge is 0.496 e. The third-order valence-electron chi connectivity index (χ3n) is 9.66. The van der Waals surface area contributed by atoms with E-state index in [1.165, 1.54) is 7.11 Å². The zero-order chi connectivity index (χ0) is 29.7. The molecule has 10 nitrogen and oxygen atoms in total. The molecule has 3 N–H and O–H groups in total. The predicted molar refractivity (Wildman–Crippen MR) is 158 cm³/mol. The molecule has 3 amide bonds. The van der Waals surface area contributed by atoms with Crippen LogP contribution >= 0.6 is 7.37 Å². The Balaban J connectivity index is 1.35. The smallest absolute Gasteiger partial charge is 0.408 e. The average molecular weight is 604 g/mol. The fraction of sp³-hybridized carbons (Fsp3) is 0.710. The lowest BCUT2D eigenvalue weighted by Crippen LogP contribution is -2.55. The van der Waals surface area contributed by atoms with Crippen LogP contribution in [0.1, 0.15) is 95.5 Å². The first-order valence-corrected chi connectivity index (χ1v) is 17.6. The minimum absolute atomic E-state index is 0.0950.